The standard InChI is InChI=1S/C8H12N2O2/c1-3-6-5-7(12-10-6)8(11)9-4-2/h5H,3-4H2,1-2H3,(H,9,11). The van der Waals surface area contributed by atoms with Crippen LogP contribution in [-0.4, -0.2) is 17.6 Å². The molecule has 4 nitrogen and oxygen atoms in total. The molecule has 1 amide bonds. The Bertz CT molecular complexity index is 268. The van der Waals surface area contributed by atoms with Crippen molar-refractivity contribution < 1.29 is 9.32 Å². The van der Waals surface area contributed by atoms with Crippen molar-refractivity contribution in [2.45, 2.75) is 20.3 Å². The number of hydrogen-bond acceptors (Lipinski definition) is 3. The molecular formula is C8H12N2O2. The van der Waals surface area contributed by atoms with Crippen LogP contribution in [0.4, 0.5) is 0 Å². The van der Waals surface area contributed by atoms with Gasteiger partial charge in [0.2, 0.25) is 5.76 Å². The molecule has 1 N–H and O–H groups in total. The lowest BCUT2D eigenvalue weighted by atomic mass is 10.3. The second kappa shape index (κ2) is 3.90. The molecule has 1 rings (SSSR count). The molecule has 0 atom stereocenters. The largest absolute Gasteiger partial charge is 0.351 e. The van der Waals surface area contributed by atoms with Gasteiger partial charge in [-0.15, -0.1) is 0 Å². The molecule has 0 aromatic carbocycles. The van der Waals surface area contributed by atoms with Gasteiger partial charge in [0.1, 0.15) is 0 Å². The fraction of sp³-hybridized carbons (Fsp3) is 0.500. The molecule has 0 aliphatic heterocycles. The van der Waals surface area contributed by atoms with Gasteiger partial charge in [-0.3, -0.25) is 4.79 Å². The lowest BCUT2D eigenvalue weighted by molar-refractivity contribution is 0.0919. The first-order valence-corrected chi connectivity index (χ1v) is 4.01. The highest BCUT2D eigenvalue weighted by atomic mass is 16.5. The molecule has 1 aromatic heterocycles. The van der Waals surface area contributed by atoms with Crippen LogP contribution in [0.25, 0.3) is 0 Å². The zero-order chi connectivity index (χ0) is 8.97. The van der Waals surface area contributed by atoms with Gasteiger partial charge in [-0.25, -0.2) is 0 Å². The summed E-state index contributed by atoms with van der Waals surface area (Å²) in [5, 5.41) is 6.33. The van der Waals surface area contributed by atoms with Gasteiger partial charge < -0.3 is 9.84 Å². The van der Waals surface area contributed by atoms with Crippen LogP contribution in [0.5, 0.6) is 0 Å². The van der Waals surface area contributed by atoms with Gasteiger partial charge in [-0.2, -0.15) is 0 Å². The van der Waals surface area contributed by atoms with Crippen LogP contribution in [-0.2, 0) is 6.42 Å². The highest BCUT2D eigenvalue weighted by Gasteiger charge is 2.10. The average Bonchev–Trinajstić information content (AvgIpc) is 2.52. The van der Waals surface area contributed by atoms with Crippen molar-refractivity contribution in [2.75, 3.05) is 6.54 Å². The summed E-state index contributed by atoms with van der Waals surface area (Å²) in [5.74, 6) is 0.0819. The van der Waals surface area contributed by atoms with Gasteiger partial charge >= 0.3 is 0 Å². The van der Waals surface area contributed by atoms with E-state index in [9.17, 15) is 4.79 Å². The molecule has 1 aromatic rings. The molecule has 0 saturated heterocycles. The van der Waals surface area contributed by atoms with Crippen molar-refractivity contribution in [1.29, 1.82) is 0 Å². The van der Waals surface area contributed by atoms with E-state index in [1.54, 1.807) is 6.07 Å². The number of aryl methyl sites for hydroxylation is 1. The second-order valence-electron chi connectivity index (χ2n) is 2.40. The molecule has 1 heterocycles. The van der Waals surface area contributed by atoms with E-state index in [4.69, 9.17) is 4.52 Å². The van der Waals surface area contributed by atoms with E-state index in [1.807, 2.05) is 13.8 Å². The molecule has 0 spiro atoms. The minimum atomic E-state index is -0.204. The molecule has 0 aliphatic rings. The Morgan fingerprint density at radius 3 is 2.92 bits per heavy atom. The molecule has 0 bridgehead atoms. The Balaban J connectivity index is 2.68. The summed E-state index contributed by atoms with van der Waals surface area (Å²) < 4.78 is 4.81. The number of rotatable bonds is 3. The third-order valence-electron chi connectivity index (χ3n) is 1.48. The number of nitrogens with one attached hydrogen (secondary N) is 1. The summed E-state index contributed by atoms with van der Waals surface area (Å²) in [7, 11) is 0. The second-order valence-corrected chi connectivity index (χ2v) is 2.40. The van der Waals surface area contributed by atoms with Gasteiger partial charge in [0, 0.05) is 12.6 Å². The van der Waals surface area contributed by atoms with Crippen molar-refractivity contribution in [2.24, 2.45) is 0 Å². The molecular weight excluding hydrogens is 156 g/mol. The fourth-order valence-electron chi connectivity index (χ4n) is 0.833. The lowest BCUT2D eigenvalue weighted by Gasteiger charge is -1.94. The number of carbonyl (C=O) groups is 1. The third kappa shape index (κ3) is 1.84. The number of nitrogens with zero attached hydrogens (tertiary/aromatic N) is 1. The summed E-state index contributed by atoms with van der Waals surface area (Å²) in [5.41, 5.74) is 0.802. The van der Waals surface area contributed by atoms with Gasteiger partial charge in [0.25, 0.3) is 5.91 Å². The molecule has 4 heteroatoms. The number of carbonyl (C=O) groups excluding carboxylic acids is 1. The SMILES string of the molecule is CCNC(=O)c1cc(CC)no1. The van der Waals surface area contributed by atoms with Gasteiger partial charge in [0.05, 0.1) is 5.69 Å². The van der Waals surface area contributed by atoms with Gasteiger partial charge in [-0.1, -0.05) is 12.1 Å². The smallest absolute Gasteiger partial charge is 0.289 e. The first-order valence-electron chi connectivity index (χ1n) is 4.01. The maximum Gasteiger partial charge on any atom is 0.289 e. The van der Waals surface area contributed by atoms with Crippen LogP contribution in [0.3, 0.4) is 0 Å². The zero-order valence-corrected chi connectivity index (χ0v) is 7.26. The maximum absolute atomic E-state index is 11.1. The van der Waals surface area contributed by atoms with Crippen LogP contribution < -0.4 is 5.32 Å². The van der Waals surface area contributed by atoms with Gasteiger partial charge in [-0.05, 0) is 13.3 Å². The predicted octanol–water partition coefficient (Wildman–Crippen LogP) is 0.987. The summed E-state index contributed by atoms with van der Waals surface area (Å²) in [6.45, 7) is 4.41. The maximum atomic E-state index is 11.1. The molecule has 0 saturated carbocycles. The Morgan fingerprint density at radius 1 is 1.67 bits per heavy atom. The van der Waals surface area contributed by atoms with E-state index in [0.717, 1.165) is 12.1 Å². The zero-order valence-electron chi connectivity index (χ0n) is 7.26. The van der Waals surface area contributed by atoms with E-state index in [0.29, 0.717) is 6.54 Å². The van der Waals surface area contributed by atoms with Crippen LogP contribution in [0.15, 0.2) is 10.6 Å². The first kappa shape index (κ1) is 8.77. The Hall–Kier alpha value is -1.32. The van der Waals surface area contributed by atoms with E-state index in [-0.39, 0.29) is 11.7 Å². The summed E-state index contributed by atoms with van der Waals surface area (Å²) in [6.07, 6.45) is 0.781. The van der Waals surface area contributed by atoms with Crippen LogP contribution >= 0.6 is 0 Å². The molecule has 12 heavy (non-hydrogen) atoms. The molecule has 0 unspecified atom stereocenters. The highest BCUT2D eigenvalue weighted by molar-refractivity contribution is 5.91. The molecule has 0 aliphatic carbocycles. The summed E-state index contributed by atoms with van der Waals surface area (Å²) in [4.78, 5) is 11.1. The van der Waals surface area contributed by atoms with Crippen LogP contribution in [0.2, 0.25) is 0 Å². The minimum absolute atomic E-state index is 0.204. The number of hydrogen-bond donors (Lipinski definition) is 1. The Labute approximate surface area is 70.9 Å². The number of amides is 1. The normalized spacial score (nSPS) is 9.83. The van der Waals surface area contributed by atoms with Crippen molar-refractivity contribution in [3.63, 3.8) is 0 Å². The van der Waals surface area contributed by atoms with Crippen molar-refractivity contribution in [3.8, 4) is 0 Å². The van der Waals surface area contributed by atoms with Crippen molar-refractivity contribution >= 4 is 5.91 Å². The predicted molar refractivity (Wildman–Crippen MR) is 43.9 cm³/mol. The molecule has 0 radical (unpaired) electrons. The third-order valence-corrected chi connectivity index (χ3v) is 1.48. The summed E-state index contributed by atoms with van der Waals surface area (Å²) >= 11 is 0. The quantitative estimate of drug-likeness (QED) is 0.732. The van der Waals surface area contributed by atoms with E-state index in [2.05, 4.69) is 10.5 Å². The Morgan fingerprint density at radius 2 is 2.42 bits per heavy atom. The Kier molecular flexibility index (Phi) is 2.85. The minimum Gasteiger partial charge on any atom is -0.351 e. The topological polar surface area (TPSA) is 55.1 Å². The van der Waals surface area contributed by atoms with Crippen LogP contribution in [0, 0.1) is 0 Å². The molecule has 0 fully saturated rings. The average molecular weight is 168 g/mol. The lowest BCUT2D eigenvalue weighted by Crippen LogP contribution is -2.21. The van der Waals surface area contributed by atoms with E-state index >= 15 is 0 Å². The van der Waals surface area contributed by atoms with E-state index < -0.39 is 0 Å². The van der Waals surface area contributed by atoms with Gasteiger partial charge in [0.15, 0.2) is 0 Å². The van der Waals surface area contributed by atoms with Crippen molar-refractivity contribution in [3.05, 3.63) is 17.5 Å². The van der Waals surface area contributed by atoms with Crippen LogP contribution in [0.1, 0.15) is 30.1 Å². The summed E-state index contributed by atoms with van der Waals surface area (Å²) in [6, 6.07) is 1.66. The monoisotopic (exact) mass is 168 g/mol. The van der Waals surface area contributed by atoms with E-state index in [1.165, 1.54) is 0 Å². The number of aromatic nitrogens is 1. The van der Waals surface area contributed by atoms with Crippen molar-refractivity contribution in [1.82, 2.24) is 10.5 Å². The first-order chi connectivity index (χ1) is 5.77. The highest BCUT2D eigenvalue weighted by Crippen LogP contribution is 2.03. The fourth-order valence-corrected chi connectivity index (χ4v) is 0.833. The molecule has 66 valence electrons.